The lowest BCUT2D eigenvalue weighted by molar-refractivity contribution is -0.118. The third-order valence-corrected chi connectivity index (χ3v) is 3.80. The number of carbonyl (C=O) groups is 2. The fourth-order valence-electron chi connectivity index (χ4n) is 2.59. The van der Waals surface area contributed by atoms with E-state index in [1.54, 1.807) is 17.0 Å². The molecule has 3 rings (SSSR count). The van der Waals surface area contributed by atoms with Crippen molar-refractivity contribution in [1.82, 2.24) is 14.7 Å². The number of halogens is 1. The molecule has 0 aliphatic carbocycles. The van der Waals surface area contributed by atoms with Crippen LogP contribution in [0.1, 0.15) is 11.7 Å². The van der Waals surface area contributed by atoms with Gasteiger partial charge in [-0.15, -0.1) is 0 Å². The van der Waals surface area contributed by atoms with Crippen molar-refractivity contribution in [2.24, 2.45) is 5.73 Å². The minimum absolute atomic E-state index is 0.0555. The lowest BCUT2D eigenvalue weighted by atomic mass is 10.1. The van der Waals surface area contributed by atoms with Gasteiger partial charge in [-0.25, -0.2) is 9.18 Å². The van der Waals surface area contributed by atoms with Crippen molar-refractivity contribution in [3.8, 4) is 0 Å². The normalized spacial score (nSPS) is 17.3. The Morgan fingerprint density at radius 1 is 1.36 bits per heavy atom. The van der Waals surface area contributed by atoms with Gasteiger partial charge in [0.15, 0.2) is 0 Å². The Bertz CT molecular complexity index is 761. The fourth-order valence-corrected chi connectivity index (χ4v) is 2.59. The van der Waals surface area contributed by atoms with Crippen LogP contribution in [0.2, 0.25) is 0 Å². The standard InChI is InChI=1S/C16H18FN5O3/c17-12-3-1-11(2-4-12)14-9-21(5-6-25-14)16(24)20-13-7-19-22(8-13)10-15(18)23/h1-4,7-8,14H,5-6,9-10H2,(H2,18,23)(H,20,24)/t14-/m0/s1. The molecule has 0 unspecified atom stereocenters. The first kappa shape index (κ1) is 16.9. The van der Waals surface area contributed by atoms with Gasteiger partial charge in [0.2, 0.25) is 5.91 Å². The molecular formula is C16H18FN5O3. The van der Waals surface area contributed by atoms with Crippen LogP contribution < -0.4 is 11.1 Å². The van der Waals surface area contributed by atoms with Crippen LogP contribution in [0.15, 0.2) is 36.7 Å². The number of rotatable bonds is 4. The van der Waals surface area contributed by atoms with Crippen molar-refractivity contribution in [2.45, 2.75) is 12.6 Å². The SMILES string of the molecule is NC(=O)Cn1cc(NC(=O)N2CCO[C@H](c3ccc(F)cc3)C2)cn1. The van der Waals surface area contributed by atoms with E-state index in [4.69, 9.17) is 10.5 Å². The predicted octanol–water partition coefficient (Wildman–Crippen LogP) is 1.11. The smallest absolute Gasteiger partial charge is 0.322 e. The Balaban J connectivity index is 1.60. The lowest BCUT2D eigenvalue weighted by Gasteiger charge is -2.33. The van der Waals surface area contributed by atoms with Crippen LogP contribution in [-0.4, -0.2) is 46.3 Å². The third kappa shape index (κ3) is 4.32. The van der Waals surface area contributed by atoms with Crippen molar-refractivity contribution < 1.29 is 18.7 Å². The van der Waals surface area contributed by atoms with E-state index in [0.717, 1.165) is 5.56 Å². The number of nitrogens with one attached hydrogen (secondary N) is 1. The molecule has 1 fully saturated rings. The summed E-state index contributed by atoms with van der Waals surface area (Å²) in [6.07, 6.45) is 2.66. The zero-order valence-corrected chi connectivity index (χ0v) is 13.4. The molecule has 0 bridgehead atoms. The van der Waals surface area contributed by atoms with Gasteiger partial charge in [0.1, 0.15) is 18.5 Å². The van der Waals surface area contributed by atoms with E-state index >= 15 is 0 Å². The van der Waals surface area contributed by atoms with Gasteiger partial charge in [0.05, 0.1) is 25.0 Å². The Kier molecular flexibility index (Phi) is 4.94. The number of ether oxygens (including phenoxy) is 1. The van der Waals surface area contributed by atoms with E-state index in [0.29, 0.717) is 25.4 Å². The van der Waals surface area contributed by atoms with Crippen molar-refractivity contribution in [3.63, 3.8) is 0 Å². The van der Waals surface area contributed by atoms with Gasteiger partial charge >= 0.3 is 6.03 Å². The molecule has 3 amide bonds. The first-order valence-corrected chi connectivity index (χ1v) is 7.75. The molecule has 2 heterocycles. The maximum absolute atomic E-state index is 13.0. The average molecular weight is 347 g/mol. The fraction of sp³-hybridized carbons (Fsp3) is 0.312. The summed E-state index contributed by atoms with van der Waals surface area (Å²) in [6.45, 7) is 1.13. The summed E-state index contributed by atoms with van der Waals surface area (Å²) in [5, 5.41) is 6.67. The van der Waals surface area contributed by atoms with Crippen LogP contribution in [0, 0.1) is 5.82 Å². The number of carbonyl (C=O) groups excluding carboxylic acids is 2. The Morgan fingerprint density at radius 3 is 2.84 bits per heavy atom. The van der Waals surface area contributed by atoms with Crippen molar-refractivity contribution >= 4 is 17.6 Å². The Labute approximate surface area is 143 Å². The van der Waals surface area contributed by atoms with Crippen molar-refractivity contribution in [1.29, 1.82) is 0 Å². The van der Waals surface area contributed by atoms with Gasteiger partial charge in [0.25, 0.3) is 0 Å². The second-order valence-electron chi connectivity index (χ2n) is 5.68. The average Bonchev–Trinajstić information content (AvgIpc) is 3.01. The Morgan fingerprint density at radius 2 is 2.12 bits per heavy atom. The highest BCUT2D eigenvalue weighted by Gasteiger charge is 2.25. The summed E-state index contributed by atoms with van der Waals surface area (Å²) in [6, 6.07) is 5.73. The van der Waals surface area contributed by atoms with Crippen LogP contribution in [0.4, 0.5) is 14.9 Å². The number of nitrogens with zero attached hydrogens (tertiary/aromatic N) is 3. The minimum Gasteiger partial charge on any atom is -0.370 e. The molecule has 8 nitrogen and oxygen atoms in total. The number of anilines is 1. The summed E-state index contributed by atoms with van der Waals surface area (Å²) >= 11 is 0. The summed E-state index contributed by atoms with van der Waals surface area (Å²) in [5.74, 6) is -0.835. The van der Waals surface area contributed by atoms with E-state index in [1.807, 2.05) is 0 Å². The minimum atomic E-state index is -0.517. The highest BCUT2D eigenvalue weighted by Crippen LogP contribution is 2.23. The lowest BCUT2D eigenvalue weighted by Crippen LogP contribution is -2.44. The summed E-state index contributed by atoms with van der Waals surface area (Å²) in [7, 11) is 0. The highest BCUT2D eigenvalue weighted by atomic mass is 19.1. The monoisotopic (exact) mass is 347 g/mol. The number of urea groups is 1. The summed E-state index contributed by atoms with van der Waals surface area (Å²) in [4.78, 5) is 24.9. The van der Waals surface area contributed by atoms with E-state index in [-0.39, 0.29) is 24.5 Å². The molecule has 9 heteroatoms. The van der Waals surface area contributed by atoms with Gasteiger partial charge in [-0.1, -0.05) is 12.1 Å². The Hall–Kier alpha value is -2.94. The number of aromatic nitrogens is 2. The molecule has 132 valence electrons. The van der Waals surface area contributed by atoms with Crippen LogP contribution in [0.25, 0.3) is 0 Å². The van der Waals surface area contributed by atoms with Crippen LogP contribution in [-0.2, 0) is 16.1 Å². The molecular weight excluding hydrogens is 329 g/mol. The second kappa shape index (κ2) is 7.31. The third-order valence-electron chi connectivity index (χ3n) is 3.80. The number of morpholine rings is 1. The highest BCUT2D eigenvalue weighted by molar-refractivity contribution is 5.89. The zero-order valence-electron chi connectivity index (χ0n) is 13.4. The molecule has 1 saturated heterocycles. The molecule has 1 aromatic carbocycles. The van der Waals surface area contributed by atoms with E-state index in [9.17, 15) is 14.0 Å². The van der Waals surface area contributed by atoms with E-state index < -0.39 is 5.91 Å². The molecule has 0 spiro atoms. The van der Waals surface area contributed by atoms with Gasteiger partial charge < -0.3 is 20.7 Å². The number of benzene rings is 1. The quantitative estimate of drug-likeness (QED) is 0.865. The predicted molar refractivity (Wildman–Crippen MR) is 87.1 cm³/mol. The maximum atomic E-state index is 13.0. The molecule has 25 heavy (non-hydrogen) atoms. The number of hydrogen-bond acceptors (Lipinski definition) is 4. The zero-order chi connectivity index (χ0) is 17.8. The van der Waals surface area contributed by atoms with Crippen LogP contribution in [0.5, 0.6) is 0 Å². The topological polar surface area (TPSA) is 102 Å². The molecule has 1 aliphatic rings. The number of hydrogen-bond donors (Lipinski definition) is 2. The molecule has 2 aromatic rings. The van der Waals surface area contributed by atoms with Crippen LogP contribution >= 0.6 is 0 Å². The summed E-state index contributed by atoms with van der Waals surface area (Å²) < 4.78 is 20.0. The van der Waals surface area contributed by atoms with Crippen LogP contribution in [0.3, 0.4) is 0 Å². The first-order valence-electron chi connectivity index (χ1n) is 7.75. The molecule has 0 saturated carbocycles. The van der Waals surface area contributed by atoms with E-state index in [1.165, 1.54) is 29.2 Å². The first-order chi connectivity index (χ1) is 12.0. The van der Waals surface area contributed by atoms with Gasteiger partial charge in [-0.3, -0.25) is 9.48 Å². The number of primary amides is 1. The molecule has 1 aromatic heterocycles. The molecule has 1 atom stereocenters. The molecule has 3 N–H and O–H groups in total. The molecule has 0 radical (unpaired) electrons. The summed E-state index contributed by atoms with van der Waals surface area (Å²) in [5.41, 5.74) is 6.38. The van der Waals surface area contributed by atoms with Gasteiger partial charge in [0, 0.05) is 12.7 Å². The van der Waals surface area contributed by atoms with Crippen molar-refractivity contribution in [2.75, 3.05) is 25.0 Å². The van der Waals surface area contributed by atoms with Crippen molar-refractivity contribution in [3.05, 3.63) is 48.0 Å². The second-order valence-corrected chi connectivity index (χ2v) is 5.68. The number of amides is 3. The largest absolute Gasteiger partial charge is 0.370 e. The molecule has 1 aliphatic heterocycles. The maximum Gasteiger partial charge on any atom is 0.322 e. The number of nitrogens with two attached hydrogens (primary N) is 1. The van der Waals surface area contributed by atoms with Gasteiger partial charge in [-0.2, -0.15) is 5.10 Å². The van der Waals surface area contributed by atoms with Gasteiger partial charge in [-0.05, 0) is 17.7 Å². The van der Waals surface area contributed by atoms with E-state index in [2.05, 4.69) is 10.4 Å².